The summed E-state index contributed by atoms with van der Waals surface area (Å²) in [6.07, 6.45) is 0.920. The van der Waals surface area contributed by atoms with Crippen LogP contribution in [0.15, 0.2) is 12.1 Å². The maximum absolute atomic E-state index is 12.5. The lowest BCUT2D eigenvalue weighted by molar-refractivity contribution is -0.149. The van der Waals surface area contributed by atoms with Crippen LogP contribution in [-0.2, 0) is 20.7 Å². The Morgan fingerprint density at radius 3 is 2.41 bits per heavy atom. The first-order chi connectivity index (χ1) is 10.4. The topological polar surface area (TPSA) is 55.4 Å². The molecule has 0 aromatic heterocycles. The van der Waals surface area contributed by atoms with E-state index < -0.39 is 5.54 Å². The smallest absolute Gasteiger partial charge is 0.332 e. The quantitative estimate of drug-likeness (QED) is 0.865. The number of nitrogens with one attached hydrogen (secondary N) is 1. The van der Waals surface area contributed by atoms with E-state index in [1.54, 1.807) is 11.8 Å². The van der Waals surface area contributed by atoms with Crippen molar-refractivity contribution in [2.75, 3.05) is 18.6 Å². The lowest BCUT2D eigenvalue weighted by Crippen LogP contribution is -2.55. The molecular formula is C17H23NO3S. The number of carbonyl (C=O) groups is 2. The van der Waals surface area contributed by atoms with Crippen LogP contribution in [0.2, 0.25) is 0 Å². The van der Waals surface area contributed by atoms with Gasteiger partial charge in [-0.2, -0.15) is 11.8 Å². The van der Waals surface area contributed by atoms with Gasteiger partial charge in [0, 0.05) is 5.75 Å². The molecule has 0 bridgehead atoms. The maximum Gasteiger partial charge on any atom is 0.332 e. The normalized spacial score (nSPS) is 20.7. The number of hydrogen-bond acceptors (Lipinski definition) is 4. The Kier molecular flexibility index (Phi) is 5.16. The molecule has 1 amide bonds. The van der Waals surface area contributed by atoms with E-state index in [2.05, 4.69) is 17.4 Å². The van der Waals surface area contributed by atoms with E-state index in [-0.39, 0.29) is 11.9 Å². The molecular weight excluding hydrogens is 298 g/mol. The van der Waals surface area contributed by atoms with Gasteiger partial charge in [-0.05, 0) is 49.6 Å². The van der Waals surface area contributed by atoms with Crippen LogP contribution in [0.5, 0.6) is 0 Å². The number of esters is 1. The summed E-state index contributed by atoms with van der Waals surface area (Å²) in [5.74, 6) is 0.973. The Morgan fingerprint density at radius 1 is 1.27 bits per heavy atom. The molecule has 5 heteroatoms. The number of aryl methyl sites for hydroxylation is 3. The molecule has 1 aromatic carbocycles. The fraction of sp³-hybridized carbons (Fsp3) is 0.529. The number of rotatable bonds is 4. The summed E-state index contributed by atoms with van der Waals surface area (Å²) in [5, 5.41) is 2.93. The molecule has 4 nitrogen and oxygen atoms in total. The van der Waals surface area contributed by atoms with Gasteiger partial charge in [0.15, 0.2) is 0 Å². The number of methoxy groups -OCH3 is 1. The Balaban J connectivity index is 2.14. The second kappa shape index (κ2) is 6.73. The fourth-order valence-corrected chi connectivity index (χ4v) is 4.35. The number of amides is 1. The van der Waals surface area contributed by atoms with Gasteiger partial charge in [-0.25, -0.2) is 4.79 Å². The van der Waals surface area contributed by atoms with E-state index in [9.17, 15) is 9.59 Å². The second-order valence-electron chi connectivity index (χ2n) is 5.98. The minimum absolute atomic E-state index is 0.122. The monoisotopic (exact) mass is 321 g/mol. The van der Waals surface area contributed by atoms with Crippen molar-refractivity contribution in [1.29, 1.82) is 0 Å². The molecule has 22 heavy (non-hydrogen) atoms. The number of hydrogen-bond donors (Lipinski definition) is 1. The predicted molar refractivity (Wildman–Crippen MR) is 89.2 cm³/mol. The second-order valence-corrected chi connectivity index (χ2v) is 7.08. The first-order valence-corrected chi connectivity index (χ1v) is 8.57. The van der Waals surface area contributed by atoms with Gasteiger partial charge in [0.25, 0.3) is 0 Å². The van der Waals surface area contributed by atoms with Crippen LogP contribution in [0.3, 0.4) is 0 Å². The molecule has 1 fully saturated rings. The van der Waals surface area contributed by atoms with Crippen molar-refractivity contribution in [3.63, 3.8) is 0 Å². The van der Waals surface area contributed by atoms with Crippen molar-refractivity contribution in [2.45, 2.75) is 39.2 Å². The Labute approximate surface area is 136 Å². The molecule has 2 rings (SSSR count). The van der Waals surface area contributed by atoms with Crippen LogP contribution >= 0.6 is 11.8 Å². The highest BCUT2D eigenvalue weighted by atomic mass is 32.2. The van der Waals surface area contributed by atoms with Gasteiger partial charge in [-0.15, -0.1) is 0 Å². The molecule has 1 aliphatic rings. The first kappa shape index (κ1) is 16.9. The van der Waals surface area contributed by atoms with Crippen molar-refractivity contribution in [2.24, 2.45) is 0 Å². The van der Waals surface area contributed by atoms with Crippen molar-refractivity contribution in [3.05, 3.63) is 34.4 Å². The fourth-order valence-electron chi connectivity index (χ4n) is 3.03. The summed E-state index contributed by atoms with van der Waals surface area (Å²) in [5.41, 5.74) is 3.59. The van der Waals surface area contributed by atoms with E-state index in [0.717, 1.165) is 22.4 Å². The van der Waals surface area contributed by atoms with E-state index in [1.807, 2.05) is 20.8 Å². The predicted octanol–water partition coefficient (Wildman–Crippen LogP) is 2.32. The zero-order valence-corrected chi connectivity index (χ0v) is 14.4. The average Bonchev–Trinajstić information content (AvgIpc) is 2.91. The van der Waals surface area contributed by atoms with Gasteiger partial charge in [-0.1, -0.05) is 17.7 Å². The van der Waals surface area contributed by atoms with Gasteiger partial charge < -0.3 is 10.1 Å². The Hall–Kier alpha value is -1.49. The third kappa shape index (κ3) is 3.46. The highest BCUT2D eigenvalue weighted by Gasteiger charge is 2.44. The minimum atomic E-state index is -0.858. The van der Waals surface area contributed by atoms with Crippen molar-refractivity contribution < 1.29 is 14.3 Å². The summed E-state index contributed by atoms with van der Waals surface area (Å²) >= 11 is 1.67. The van der Waals surface area contributed by atoms with Crippen molar-refractivity contribution >= 4 is 23.6 Å². The van der Waals surface area contributed by atoms with Crippen LogP contribution in [-0.4, -0.2) is 36.0 Å². The van der Waals surface area contributed by atoms with Gasteiger partial charge in [-0.3, -0.25) is 4.79 Å². The number of thioether (sulfide) groups is 1. The minimum Gasteiger partial charge on any atom is -0.467 e. The Bertz CT molecular complexity index is 569. The van der Waals surface area contributed by atoms with Gasteiger partial charge in [0.2, 0.25) is 5.91 Å². The molecule has 1 aromatic rings. The molecule has 1 aliphatic heterocycles. The molecule has 0 aliphatic carbocycles. The molecule has 1 N–H and O–H groups in total. The largest absolute Gasteiger partial charge is 0.467 e. The van der Waals surface area contributed by atoms with Crippen LogP contribution in [0.1, 0.15) is 28.7 Å². The molecule has 1 saturated heterocycles. The third-order valence-electron chi connectivity index (χ3n) is 4.15. The number of benzene rings is 1. The average molecular weight is 321 g/mol. The van der Waals surface area contributed by atoms with Crippen molar-refractivity contribution in [1.82, 2.24) is 5.32 Å². The van der Waals surface area contributed by atoms with Crippen LogP contribution < -0.4 is 5.32 Å². The van der Waals surface area contributed by atoms with Crippen LogP contribution in [0.4, 0.5) is 0 Å². The summed E-state index contributed by atoms with van der Waals surface area (Å²) in [6.45, 7) is 6.08. The maximum atomic E-state index is 12.5. The van der Waals surface area contributed by atoms with Crippen LogP contribution in [0.25, 0.3) is 0 Å². The first-order valence-electron chi connectivity index (χ1n) is 7.42. The lowest BCUT2D eigenvalue weighted by Gasteiger charge is -2.26. The van der Waals surface area contributed by atoms with E-state index in [4.69, 9.17) is 4.74 Å². The highest BCUT2D eigenvalue weighted by Crippen LogP contribution is 2.29. The Morgan fingerprint density at radius 2 is 1.91 bits per heavy atom. The van der Waals surface area contributed by atoms with E-state index in [1.165, 1.54) is 12.7 Å². The van der Waals surface area contributed by atoms with Gasteiger partial charge >= 0.3 is 5.97 Å². The molecule has 1 atom stereocenters. The lowest BCUT2D eigenvalue weighted by atomic mass is 9.95. The summed E-state index contributed by atoms with van der Waals surface area (Å²) in [4.78, 5) is 24.5. The van der Waals surface area contributed by atoms with Crippen LogP contribution in [0, 0.1) is 20.8 Å². The molecule has 0 radical (unpaired) electrons. The van der Waals surface area contributed by atoms with Gasteiger partial charge in [0.1, 0.15) is 5.54 Å². The summed E-state index contributed by atoms with van der Waals surface area (Å²) in [7, 11) is 1.37. The SMILES string of the molecule is COC(=O)C1(NC(=O)Cc2c(C)cc(C)cc2C)CCSC1. The molecule has 0 spiro atoms. The van der Waals surface area contributed by atoms with Crippen molar-refractivity contribution in [3.8, 4) is 0 Å². The summed E-state index contributed by atoms with van der Waals surface area (Å²) < 4.78 is 4.88. The molecule has 1 heterocycles. The summed E-state index contributed by atoms with van der Waals surface area (Å²) in [6, 6.07) is 4.16. The molecule has 120 valence electrons. The zero-order chi connectivity index (χ0) is 16.3. The van der Waals surface area contributed by atoms with Gasteiger partial charge in [0.05, 0.1) is 13.5 Å². The van der Waals surface area contributed by atoms with E-state index >= 15 is 0 Å². The number of carbonyl (C=O) groups excluding carboxylic acids is 2. The zero-order valence-electron chi connectivity index (χ0n) is 13.6. The molecule has 0 saturated carbocycles. The number of ether oxygens (including phenoxy) is 1. The highest BCUT2D eigenvalue weighted by molar-refractivity contribution is 7.99. The third-order valence-corrected chi connectivity index (χ3v) is 5.34. The van der Waals surface area contributed by atoms with E-state index in [0.29, 0.717) is 18.6 Å². The standard InChI is InChI=1S/C17H23NO3S/c1-11-7-12(2)14(13(3)8-11)9-15(19)18-17(16(20)21-4)5-6-22-10-17/h7-8H,5-6,9-10H2,1-4H3,(H,18,19). The molecule has 1 unspecified atom stereocenters.